The number of hydrogen-bond acceptors (Lipinski definition) is 5. The summed E-state index contributed by atoms with van der Waals surface area (Å²) in [5, 5.41) is 10.5. The first-order valence-corrected chi connectivity index (χ1v) is 7.77. The number of nitrogens with one attached hydrogen (secondary N) is 2. The van der Waals surface area contributed by atoms with E-state index in [1.165, 1.54) is 12.1 Å². The molecule has 0 radical (unpaired) electrons. The van der Waals surface area contributed by atoms with Crippen molar-refractivity contribution in [2.24, 2.45) is 0 Å². The van der Waals surface area contributed by atoms with E-state index in [-0.39, 0.29) is 24.0 Å². The molecule has 2 N–H and O–H groups in total. The smallest absolute Gasteiger partial charge is 0.387 e. The number of amides is 1. The molecule has 0 unspecified atom stereocenters. The number of benzene rings is 1. The Kier molecular flexibility index (Phi) is 5.47. The van der Waals surface area contributed by atoms with Crippen LogP contribution in [0.2, 0.25) is 0 Å². The highest BCUT2D eigenvalue weighted by molar-refractivity contribution is 5.89. The number of ether oxygens (including phenoxy) is 1. The van der Waals surface area contributed by atoms with Gasteiger partial charge in [-0.3, -0.25) is 15.1 Å². The first-order valence-electron chi connectivity index (χ1n) is 7.77. The van der Waals surface area contributed by atoms with E-state index in [1.54, 1.807) is 36.7 Å². The van der Waals surface area contributed by atoms with Gasteiger partial charge < -0.3 is 9.72 Å². The van der Waals surface area contributed by atoms with Crippen LogP contribution in [-0.2, 0) is 11.2 Å². The van der Waals surface area contributed by atoms with Gasteiger partial charge in [-0.25, -0.2) is 0 Å². The van der Waals surface area contributed by atoms with Gasteiger partial charge in [-0.1, -0.05) is 12.1 Å². The van der Waals surface area contributed by atoms with Crippen LogP contribution in [-0.4, -0.2) is 32.7 Å². The first-order chi connectivity index (χ1) is 12.6. The predicted molar refractivity (Wildman–Crippen MR) is 89.6 cm³/mol. The molecular weight excluding hydrogens is 344 g/mol. The van der Waals surface area contributed by atoms with Crippen LogP contribution in [0, 0.1) is 0 Å². The Morgan fingerprint density at radius 2 is 1.85 bits per heavy atom. The van der Waals surface area contributed by atoms with Gasteiger partial charge >= 0.3 is 6.61 Å². The number of aryl methyl sites for hydroxylation is 1. The van der Waals surface area contributed by atoms with Gasteiger partial charge in [0.25, 0.3) is 0 Å². The molecule has 0 fully saturated rings. The van der Waals surface area contributed by atoms with Crippen molar-refractivity contribution in [2.45, 2.75) is 19.5 Å². The summed E-state index contributed by atoms with van der Waals surface area (Å²) in [6.45, 7) is -2.86. The molecule has 0 aliphatic carbocycles. The highest BCUT2D eigenvalue weighted by atomic mass is 19.3. The molecule has 2 heterocycles. The lowest BCUT2D eigenvalue weighted by atomic mass is 10.1. The number of carbonyl (C=O) groups excluding carboxylic acids is 1. The Bertz CT molecular complexity index is 853. The van der Waals surface area contributed by atoms with E-state index < -0.39 is 6.61 Å². The minimum atomic E-state index is -2.86. The Labute approximate surface area is 147 Å². The SMILES string of the molecule is O=C(CCc1ccc(OC(F)F)cc1)Nc1nnc(-c2ccncc2)[nH]1. The molecule has 134 valence electrons. The number of pyridine rings is 1. The highest BCUT2D eigenvalue weighted by Crippen LogP contribution is 2.17. The second kappa shape index (κ2) is 8.15. The van der Waals surface area contributed by atoms with Crippen molar-refractivity contribution in [1.29, 1.82) is 0 Å². The maximum Gasteiger partial charge on any atom is 0.387 e. The summed E-state index contributed by atoms with van der Waals surface area (Å²) in [7, 11) is 0. The van der Waals surface area contributed by atoms with E-state index in [4.69, 9.17) is 0 Å². The van der Waals surface area contributed by atoms with Crippen LogP contribution >= 0.6 is 0 Å². The zero-order valence-corrected chi connectivity index (χ0v) is 13.5. The average Bonchev–Trinajstić information content (AvgIpc) is 3.10. The van der Waals surface area contributed by atoms with Crippen molar-refractivity contribution in [3.8, 4) is 17.1 Å². The summed E-state index contributed by atoms with van der Waals surface area (Å²) >= 11 is 0. The van der Waals surface area contributed by atoms with Crippen molar-refractivity contribution in [2.75, 3.05) is 5.32 Å². The predicted octanol–water partition coefficient (Wildman–Crippen LogP) is 3.04. The van der Waals surface area contributed by atoms with E-state index in [2.05, 4.69) is 30.2 Å². The molecule has 26 heavy (non-hydrogen) atoms. The highest BCUT2D eigenvalue weighted by Gasteiger charge is 2.09. The van der Waals surface area contributed by atoms with Gasteiger partial charge in [0.1, 0.15) is 5.75 Å². The number of H-pyrrole nitrogens is 1. The lowest BCUT2D eigenvalue weighted by Crippen LogP contribution is -2.13. The molecule has 0 saturated carbocycles. The molecular formula is C17H15F2N5O2. The molecule has 3 rings (SSSR count). The summed E-state index contributed by atoms with van der Waals surface area (Å²) in [6, 6.07) is 9.71. The van der Waals surface area contributed by atoms with E-state index >= 15 is 0 Å². The lowest BCUT2D eigenvalue weighted by molar-refractivity contribution is -0.116. The van der Waals surface area contributed by atoms with Gasteiger partial charge in [0.15, 0.2) is 5.82 Å². The fourth-order valence-electron chi connectivity index (χ4n) is 2.25. The van der Waals surface area contributed by atoms with Crippen molar-refractivity contribution in [3.63, 3.8) is 0 Å². The first kappa shape index (κ1) is 17.5. The third-order valence-corrected chi connectivity index (χ3v) is 3.49. The number of nitrogens with zero attached hydrogens (tertiary/aromatic N) is 3. The lowest BCUT2D eigenvalue weighted by Gasteiger charge is -2.06. The van der Waals surface area contributed by atoms with E-state index in [1.807, 2.05) is 0 Å². The number of halogens is 2. The van der Waals surface area contributed by atoms with Crippen LogP contribution < -0.4 is 10.1 Å². The monoisotopic (exact) mass is 359 g/mol. The largest absolute Gasteiger partial charge is 0.435 e. The Morgan fingerprint density at radius 3 is 2.54 bits per heavy atom. The Hall–Kier alpha value is -3.36. The van der Waals surface area contributed by atoms with Gasteiger partial charge in [0.05, 0.1) is 0 Å². The molecule has 3 aromatic rings. The van der Waals surface area contributed by atoms with Gasteiger partial charge in [0.2, 0.25) is 11.9 Å². The zero-order chi connectivity index (χ0) is 18.4. The molecule has 1 amide bonds. The molecule has 1 aromatic carbocycles. The third-order valence-electron chi connectivity index (χ3n) is 3.49. The van der Waals surface area contributed by atoms with Crippen molar-refractivity contribution in [1.82, 2.24) is 20.2 Å². The fraction of sp³-hybridized carbons (Fsp3) is 0.176. The Balaban J connectivity index is 1.51. The molecule has 0 atom stereocenters. The minimum Gasteiger partial charge on any atom is -0.435 e. The van der Waals surface area contributed by atoms with Crippen molar-refractivity contribution in [3.05, 3.63) is 54.4 Å². The quantitative estimate of drug-likeness (QED) is 0.676. The maximum absolute atomic E-state index is 12.1. The molecule has 9 heteroatoms. The third kappa shape index (κ3) is 4.82. The van der Waals surface area contributed by atoms with Crippen LogP contribution in [0.3, 0.4) is 0 Å². The molecule has 2 aromatic heterocycles. The van der Waals surface area contributed by atoms with E-state index in [9.17, 15) is 13.6 Å². The number of aromatic nitrogens is 4. The minimum absolute atomic E-state index is 0.0819. The Morgan fingerprint density at radius 1 is 1.12 bits per heavy atom. The molecule has 0 aliphatic heterocycles. The number of hydrogen-bond donors (Lipinski definition) is 2. The van der Waals surface area contributed by atoms with Gasteiger partial charge in [-0.05, 0) is 36.2 Å². The topological polar surface area (TPSA) is 92.8 Å². The summed E-state index contributed by atoms with van der Waals surface area (Å²) in [5.41, 5.74) is 1.64. The molecule has 0 saturated heterocycles. The van der Waals surface area contributed by atoms with Crippen LogP contribution in [0.25, 0.3) is 11.4 Å². The standard InChI is InChI=1S/C17H15F2N5O2/c18-16(19)26-13-4-1-11(2-5-13)3-6-14(25)21-17-22-15(23-24-17)12-7-9-20-10-8-12/h1-2,4-5,7-10,16H,3,6H2,(H2,21,22,23,24,25). The van der Waals surface area contributed by atoms with E-state index in [0.29, 0.717) is 12.2 Å². The summed E-state index contributed by atoms with van der Waals surface area (Å²) in [5.74, 6) is 0.619. The van der Waals surface area contributed by atoms with Crippen LogP contribution in [0.1, 0.15) is 12.0 Å². The number of carbonyl (C=O) groups is 1. The summed E-state index contributed by atoms with van der Waals surface area (Å²) in [6.07, 6.45) is 3.92. The number of anilines is 1. The zero-order valence-electron chi connectivity index (χ0n) is 13.5. The van der Waals surface area contributed by atoms with Crippen molar-refractivity contribution >= 4 is 11.9 Å². The van der Waals surface area contributed by atoms with Crippen LogP contribution in [0.15, 0.2) is 48.8 Å². The fourth-order valence-corrected chi connectivity index (χ4v) is 2.25. The summed E-state index contributed by atoms with van der Waals surface area (Å²) in [4.78, 5) is 18.8. The number of alkyl halides is 2. The number of rotatable bonds is 7. The van der Waals surface area contributed by atoms with Crippen molar-refractivity contribution < 1.29 is 18.3 Å². The molecule has 0 spiro atoms. The number of aromatic amines is 1. The maximum atomic E-state index is 12.1. The second-order valence-corrected chi connectivity index (χ2v) is 5.33. The van der Waals surface area contributed by atoms with Crippen LogP contribution in [0.4, 0.5) is 14.7 Å². The average molecular weight is 359 g/mol. The molecule has 7 nitrogen and oxygen atoms in total. The van der Waals surface area contributed by atoms with Gasteiger partial charge in [-0.15, -0.1) is 10.2 Å². The summed E-state index contributed by atoms with van der Waals surface area (Å²) < 4.78 is 28.5. The molecule has 0 aliphatic rings. The molecule has 0 bridgehead atoms. The van der Waals surface area contributed by atoms with Gasteiger partial charge in [0, 0.05) is 24.4 Å². The normalized spacial score (nSPS) is 10.7. The van der Waals surface area contributed by atoms with Gasteiger partial charge in [-0.2, -0.15) is 8.78 Å². The van der Waals surface area contributed by atoms with E-state index in [0.717, 1.165) is 11.1 Å². The van der Waals surface area contributed by atoms with Crippen LogP contribution in [0.5, 0.6) is 5.75 Å². The second-order valence-electron chi connectivity index (χ2n) is 5.33.